The second-order valence-electron chi connectivity index (χ2n) is 1.58. The van der Waals surface area contributed by atoms with E-state index in [2.05, 4.69) is 29.5 Å². The van der Waals surface area contributed by atoms with Gasteiger partial charge in [-0.2, -0.15) is 0 Å². The summed E-state index contributed by atoms with van der Waals surface area (Å²) in [7, 11) is 0. The molecule has 0 N–H and O–H groups in total. The van der Waals surface area contributed by atoms with Gasteiger partial charge >= 0.3 is 0 Å². The van der Waals surface area contributed by atoms with Gasteiger partial charge in [-0.05, 0) is 6.92 Å². The third-order valence-corrected chi connectivity index (χ3v) is 1.42. The Morgan fingerprint density at radius 2 is 2.00 bits per heavy atom. The molecule has 1 heterocycles. The zero-order chi connectivity index (χ0) is 6.04. The molecule has 0 aliphatic carbocycles. The maximum atomic E-state index is 4.12. The molecule has 0 unspecified atom stereocenters. The zero-order valence-corrected chi connectivity index (χ0v) is 5.30. The first-order chi connectivity index (χ1) is 3.77. The fourth-order valence-corrected chi connectivity index (χ4v) is 0.601. The van der Waals surface area contributed by atoms with Gasteiger partial charge in [-0.1, -0.05) is 0 Å². The minimum atomic E-state index is -0.542. The minimum Gasteiger partial charge on any atom is -0.252 e. The number of hydrogen-bond donors (Lipinski definition) is 1. The first-order valence-corrected chi connectivity index (χ1v) is 2.82. The van der Waals surface area contributed by atoms with E-state index in [-0.39, 0.29) is 0 Å². The predicted octanol–water partition coefficient (Wildman–Crippen LogP) is 0.949. The molecule has 2 nitrogen and oxygen atoms in total. The highest BCUT2D eigenvalue weighted by Crippen LogP contribution is 2.23. The van der Waals surface area contributed by atoms with Crippen LogP contribution in [0.5, 0.6) is 0 Å². The highest BCUT2D eigenvalue weighted by Gasteiger charge is 2.20. The average molecular weight is 127 g/mol. The Morgan fingerprint density at radius 1 is 1.50 bits per heavy atom. The molecule has 0 aromatic rings. The molecule has 3 heteroatoms. The molecule has 0 amide bonds. The van der Waals surface area contributed by atoms with Gasteiger partial charge in [0, 0.05) is 18.9 Å². The van der Waals surface area contributed by atoms with Crippen LogP contribution < -0.4 is 0 Å². The second-order valence-corrected chi connectivity index (χ2v) is 2.30. The standard InChI is InChI=1S/C5H7N2S/c1-2-5(8)6-3-4-7-5/h3-4,8H,1-2H2. The van der Waals surface area contributed by atoms with Crippen molar-refractivity contribution in [2.24, 2.45) is 9.98 Å². The molecule has 0 bridgehead atoms. The van der Waals surface area contributed by atoms with Crippen LogP contribution in [0.15, 0.2) is 9.98 Å². The Kier molecular flexibility index (Phi) is 1.38. The highest BCUT2D eigenvalue weighted by molar-refractivity contribution is 7.81. The van der Waals surface area contributed by atoms with Gasteiger partial charge < -0.3 is 0 Å². The topological polar surface area (TPSA) is 24.7 Å². The molecule has 43 valence electrons. The SMILES string of the molecule is [CH2]CC1(S)N=CC=N1. The van der Waals surface area contributed by atoms with Crippen molar-refractivity contribution in [3.8, 4) is 0 Å². The molecule has 0 fully saturated rings. The van der Waals surface area contributed by atoms with Crippen LogP contribution in [0.25, 0.3) is 0 Å². The number of hydrogen-bond acceptors (Lipinski definition) is 3. The van der Waals surface area contributed by atoms with Crippen molar-refractivity contribution < 1.29 is 0 Å². The molecule has 0 aromatic heterocycles. The summed E-state index contributed by atoms with van der Waals surface area (Å²) >= 11 is 4.12. The molecule has 1 aliphatic rings. The van der Waals surface area contributed by atoms with Crippen molar-refractivity contribution in [3.63, 3.8) is 0 Å². The van der Waals surface area contributed by atoms with E-state index in [0.29, 0.717) is 6.42 Å². The minimum absolute atomic E-state index is 0.542. The normalized spacial score (nSPS) is 22.2. The maximum absolute atomic E-state index is 4.12. The van der Waals surface area contributed by atoms with Crippen LogP contribution in [0, 0.1) is 6.92 Å². The van der Waals surface area contributed by atoms with Gasteiger partial charge in [0.05, 0.1) is 0 Å². The van der Waals surface area contributed by atoms with Crippen LogP contribution in [0.2, 0.25) is 0 Å². The van der Waals surface area contributed by atoms with E-state index in [9.17, 15) is 0 Å². The predicted molar refractivity (Wildman–Crippen MR) is 38.7 cm³/mol. The molecular weight excluding hydrogens is 120 g/mol. The third-order valence-electron chi connectivity index (χ3n) is 0.965. The largest absolute Gasteiger partial charge is 0.252 e. The Labute approximate surface area is 54.1 Å². The molecule has 1 aliphatic heterocycles. The van der Waals surface area contributed by atoms with Gasteiger partial charge in [0.1, 0.15) is 0 Å². The summed E-state index contributed by atoms with van der Waals surface area (Å²) in [5.74, 6) is 0. The van der Waals surface area contributed by atoms with Crippen LogP contribution in [0.1, 0.15) is 6.42 Å². The third kappa shape index (κ3) is 0.916. The molecule has 0 atom stereocenters. The van der Waals surface area contributed by atoms with Crippen LogP contribution >= 0.6 is 12.6 Å². The second kappa shape index (κ2) is 1.90. The first-order valence-electron chi connectivity index (χ1n) is 2.37. The molecule has 0 saturated carbocycles. The summed E-state index contributed by atoms with van der Waals surface area (Å²) < 4.78 is 0. The number of nitrogens with zero attached hydrogens (tertiary/aromatic N) is 2. The van der Waals surface area contributed by atoms with Crippen molar-refractivity contribution in [2.75, 3.05) is 0 Å². The van der Waals surface area contributed by atoms with E-state index < -0.39 is 4.99 Å². The molecule has 0 aromatic carbocycles. The van der Waals surface area contributed by atoms with Gasteiger partial charge in [0.2, 0.25) is 0 Å². The average Bonchev–Trinajstić information content (AvgIpc) is 2.17. The van der Waals surface area contributed by atoms with Crippen molar-refractivity contribution in [3.05, 3.63) is 6.92 Å². The first kappa shape index (κ1) is 5.82. The van der Waals surface area contributed by atoms with Gasteiger partial charge in [0.25, 0.3) is 0 Å². The van der Waals surface area contributed by atoms with E-state index in [1.165, 1.54) is 0 Å². The quantitative estimate of drug-likeness (QED) is 0.507. The zero-order valence-electron chi connectivity index (χ0n) is 4.41. The van der Waals surface area contributed by atoms with Gasteiger partial charge in [-0.25, -0.2) is 0 Å². The molecule has 8 heavy (non-hydrogen) atoms. The Morgan fingerprint density at radius 3 is 2.25 bits per heavy atom. The van der Waals surface area contributed by atoms with Crippen molar-refractivity contribution in [1.82, 2.24) is 0 Å². The smallest absolute Gasteiger partial charge is 0.194 e. The molecular formula is C5H7N2S. The molecule has 1 rings (SSSR count). The summed E-state index contributed by atoms with van der Waals surface area (Å²) in [4.78, 5) is 7.34. The fourth-order valence-electron chi connectivity index (χ4n) is 0.468. The maximum Gasteiger partial charge on any atom is 0.194 e. The van der Waals surface area contributed by atoms with Gasteiger partial charge in [-0.3, -0.25) is 9.98 Å². The molecule has 1 radical (unpaired) electrons. The van der Waals surface area contributed by atoms with Crippen molar-refractivity contribution in [2.45, 2.75) is 11.4 Å². The Hall–Kier alpha value is -0.310. The molecule has 0 spiro atoms. The Bertz CT molecular complexity index is 127. The van der Waals surface area contributed by atoms with Crippen LogP contribution in [0.4, 0.5) is 0 Å². The van der Waals surface area contributed by atoms with E-state index in [1.807, 2.05) is 0 Å². The summed E-state index contributed by atoms with van der Waals surface area (Å²) in [6.07, 6.45) is 3.87. The number of thiol groups is 1. The van der Waals surface area contributed by atoms with Crippen molar-refractivity contribution in [1.29, 1.82) is 0 Å². The summed E-state index contributed by atoms with van der Waals surface area (Å²) in [6, 6.07) is 0. The summed E-state index contributed by atoms with van der Waals surface area (Å²) in [5, 5.41) is 0. The lowest BCUT2D eigenvalue weighted by Gasteiger charge is -2.11. The van der Waals surface area contributed by atoms with Gasteiger partial charge in [0.15, 0.2) is 4.99 Å². The van der Waals surface area contributed by atoms with E-state index >= 15 is 0 Å². The van der Waals surface area contributed by atoms with E-state index in [0.717, 1.165) is 0 Å². The van der Waals surface area contributed by atoms with Gasteiger partial charge in [-0.15, -0.1) is 12.6 Å². The van der Waals surface area contributed by atoms with Crippen LogP contribution in [0.3, 0.4) is 0 Å². The van der Waals surface area contributed by atoms with Crippen LogP contribution in [-0.4, -0.2) is 17.4 Å². The lowest BCUT2D eigenvalue weighted by atomic mass is 10.4. The van der Waals surface area contributed by atoms with E-state index in [4.69, 9.17) is 0 Å². The lowest BCUT2D eigenvalue weighted by Crippen LogP contribution is -2.09. The van der Waals surface area contributed by atoms with Crippen LogP contribution in [-0.2, 0) is 0 Å². The number of aliphatic imine (C=N–C) groups is 2. The fraction of sp³-hybridized carbons (Fsp3) is 0.400. The highest BCUT2D eigenvalue weighted by atomic mass is 32.1. The van der Waals surface area contributed by atoms with Crippen molar-refractivity contribution >= 4 is 25.1 Å². The summed E-state index contributed by atoms with van der Waals surface area (Å²) in [5.41, 5.74) is 0. The monoisotopic (exact) mass is 127 g/mol. The summed E-state index contributed by atoms with van der Waals surface area (Å²) in [6.45, 7) is 3.64. The van der Waals surface area contributed by atoms with E-state index in [1.54, 1.807) is 12.4 Å². The lowest BCUT2D eigenvalue weighted by molar-refractivity contribution is 0.681. The molecule has 0 saturated heterocycles. The number of rotatable bonds is 1. The Balaban J connectivity index is 2.69.